The Hall–Kier alpha value is -1.75. The predicted octanol–water partition coefficient (Wildman–Crippen LogP) is 1.56. The van der Waals surface area contributed by atoms with Crippen LogP contribution >= 0.6 is 0 Å². The average molecular weight is 290 g/mol. The lowest BCUT2D eigenvalue weighted by molar-refractivity contribution is -0.129. The fourth-order valence-corrected chi connectivity index (χ4v) is 3.49. The number of carbonyl (C=O) groups is 1. The van der Waals surface area contributed by atoms with Crippen LogP contribution in [-0.4, -0.2) is 48.7 Å². The molecular formula is C16H22N2O3. The lowest BCUT2D eigenvalue weighted by Crippen LogP contribution is -2.51. The predicted molar refractivity (Wildman–Crippen MR) is 80.6 cm³/mol. The summed E-state index contributed by atoms with van der Waals surface area (Å²) < 4.78 is 5.39. The summed E-state index contributed by atoms with van der Waals surface area (Å²) in [6.07, 6.45) is 1.02. The minimum Gasteiger partial charge on any atom is -0.496 e. The molecule has 0 saturated carbocycles. The van der Waals surface area contributed by atoms with Crippen LogP contribution in [0.5, 0.6) is 5.75 Å². The van der Waals surface area contributed by atoms with E-state index < -0.39 is 6.10 Å². The number of fused-ring (bicyclic) bond motifs is 1. The topological polar surface area (TPSA) is 53.0 Å². The van der Waals surface area contributed by atoms with E-state index in [4.69, 9.17) is 4.74 Å². The fraction of sp³-hybridized carbons (Fsp3) is 0.562. The molecule has 114 valence electrons. The van der Waals surface area contributed by atoms with Crippen molar-refractivity contribution in [1.82, 2.24) is 4.90 Å². The Balaban J connectivity index is 1.89. The first kappa shape index (κ1) is 14.2. The van der Waals surface area contributed by atoms with Gasteiger partial charge in [-0.2, -0.15) is 0 Å². The number of hydrogen-bond acceptors (Lipinski definition) is 4. The zero-order valence-corrected chi connectivity index (χ0v) is 12.6. The van der Waals surface area contributed by atoms with E-state index in [-0.39, 0.29) is 5.91 Å². The lowest BCUT2D eigenvalue weighted by atomic mass is 10.0. The third-order valence-electron chi connectivity index (χ3n) is 4.52. The van der Waals surface area contributed by atoms with Crippen molar-refractivity contribution >= 4 is 11.6 Å². The minimum absolute atomic E-state index is 0.279. The van der Waals surface area contributed by atoms with Crippen molar-refractivity contribution in [3.8, 4) is 5.75 Å². The van der Waals surface area contributed by atoms with Gasteiger partial charge >= 0.3 is 0 Å². The largest absolute Gasteiger partial charge is 0.496 e. The number of rotatable bonds is 3. The highest BCUT2D eigenvalue weighted by molar-refractivity contribution is 5.79. The molecule has 5 heteroatoms. The molecular weight excluding hydrogens is 268 g/mol. The number of methoxy groups -OCH3 is 1. The number of hydrogen-bond donors (Lipinski definition) is 1. The van der Waals surface area contributed by atoms with Crippen molar-refractivity contribution in [1.29, 1.82) is 0 Å². The maximum Gasteiger partial charge on any atom is 0.223 e. The third-order valence-corrected chi connectivity index (χ3v) is 4.52. The molecule has 0 bridgehead atoms. The molecule has 2 aliphatic heterocycles. The quantitative estimate of drug-likeness (QED) is 0.918. The number of nitrogens with zero attached hydrogens (tertiary/aromatic N) is 2. The van der Waals surface area contributed by atoms with E-state index in [0.29, 0.717) is 18.2 Å². The van der Waals surface area contributed by atoms with Crippen molar-refractivity contribution in [2.75, 3.05) is 31.6 Å². The van der Waals surface area contributed by atoms with Crippen molar-refractivity contribution < 1.29 is 14.6 Å². The molecule has 21 heavy (non-hydrogen) atoms. The zero-order chi connectivity index (χ0) is 15.0. The Bertz CT molecular complexity index is 544. The number of carbonyl (C=O) groups excluding carboxylic acids is 1. The number of piperazine rings is 1. The van der Waals surface area contributed by atoms with Crippen LogP contribution in [0.3, 0.4) is 0 Å². The summed E-state index contributed by atoms with van der Waals surface area (Å²) in [5, 5.41) is 10.1. The van der Waals surface area contributed by atoms with E-state index in [9.17, 15) is 9.90 Å². The maximum atomic E-state index is 11.8. The standard InChI is InChI=1S/C16H22N2O3/c1-11(19)16-13(4-3-5-14(16)21-2)17-8-9-18-12(10-17)6-7-15(18)20/h3-5,11-12,19H,6-10H2,1-2H3/t11-,12?/m1/s1. The van der Waals surface area contributed by atoms with Gasteiger partial charge in [0, 0.05) is 43.3 Å². The number of anilines is 1. The van der Waals surface area contributed by atoms with Gasteiger partial charge in [-0.3, -0.25) is 4.79 Å². The van der Waals surface area contributed by atoms with Crippen LogP contribution in [0, 0.1) is 0 Å². The van der Waals surface area contributed by atoms with Crippen molar-refractivity contribution in [3.63, 3.8) is 0 Å². The summed E-state index contributed by atoms with van der Waals surface area (Å²) in [7, 11) is 1.62. The normalized spacial score (nSPS) is 23.2. The fourth-order valence-electron chi connectivity index (χ4n) is 3.49. The summed E-state index contributed by atoms with van der Waals surface area (Å²) in [5.41, 5.74) is 1.85. The molecule has 0 spiro atoms. The number of aliphatic hydroxyl groups is 1. The smallest absolute Gasteiger partial charge is 0.223 e. The lowest BCUT2D eigenvalue weighted by Gasteiger charge is -2.40. The Morgan fingerprint density at radius 2 is 2.19 bits per heavy atom. The van der Waals surface area contributed by atoms with Crippen molar-refractivity contribution in [3.05, 3.63) is 23.8 Å². The number of aliphatic hydroxyl groups excluding tert-OH is 1. The first-order valence-corrected chi connectivity index (χ1v) is 7.51. The Morgan fingerprint density at radius 1 is 1.38 bits per heavy atom. The molecule has 1 N–H and O–H groups in total. The second kappa shape index (κ2) is 5.56. The molecule has 1 aromatic carbocycles. The Kier molecular flexibility index (Phi) is 3.76. The molecule has 2 fully saturated rings. The van der Waals surface area contributed by atoms with Crippen LogP contribution in [0.2, 0.25) is 0 Å². The minimum atomic E-state index is -0.584. The van der Waals surface area contributed by atoms with Crippen LogP contribution in [0.4, 0.5) is 5.69 Å². The van der Waals surface area contributed by atoms with E-state index >= 15 is 0 Å². The Morgan fingerprint density at radius 3 is 2.90 bits per heavy atom. The molecule has 0 aliphatic carbocycles. The summed E-state index contributed by atoms with van der Waals surface area (Å²) >= 11 is 0. The highest BCUT2D eigenvalue weighted by atomic mass is 16.5. The molecule has 5 nitrogen and oxygen atoms in total. The van der Waals surface area contributed by atoms with E-state index in [0.717, 1.165) is 37.3 Å². The SMILES string of the molecule is COc1cccc(N2CCN3C(=O)CCC3C2)c1[C@@H](C)O. The highest BCUT2D eigenvalue weighted by Gasteiger charge is 2.36. The van der Waals surface area contributed by atoms with Crippen LogP contribution in [0.25, 0.3) is 0 Å². The third kappa shape index (κ3) is 2.46. The van der Waals surface area contributed by atoms with E-state index in [1.807, 2.05) is 23.1 Å². The molecule has 2 heterocycles. The second-order valence-corrected chi connectivity index (χ2v) is 5.79. The molecule has 0 radical (unpaired) electrons. The molecule has 0 aromatic heterocycles. The number of amides is 1. The molecule has 1 aromatic rings. The second-order valence-electron chi connectivity index (χ2n) is 5.79. The van der Waals surface area contributed by atoms with Gasteiger partial charge in [-0.05, 0) is 25.5 Å². The van der Waals surface area contributed by atoms with E-state index in [2.05, 4.69) is 4.90 Å². The van der Waals surface area contributed by atoms with Gasteiger partial charge in [0.05, 0.1) is 13.2 Å². The van der Waals surface area contributed by atoms with Crippen molar-refractivity contribution in [2.24, 2.45) is 0 Å². The van der Waals surface area contributed by atoms with Gasteiger partial charge in [-0.1, -0.05) is 6.07 Å². The number of benzene rings is 1. The first-order valence-electron chi connectivity index (χ1n) is 7.51. The highest BCUT2D eigenvalue weighted by Crippen LogP contribution is 2.36. The van der Waals surface area contributed by atoms with Crippen LogP contribution < -0.4 is 9.64 Å². The van der Waals surface area contributed by atoms with Crippen LogP contribution in [-0.2, 0) is 4.79 Å². The molecule has 2 atom stereocenters. The van der Waals surface area contributed by atoms with Gasteiger partial charge in [0.2, 0.25) is 5.91 Å². The van der Waals surface area contributed by atoms with Gasteiger partial charge in [-0.25, -0.2) is 0 Å². The molecule has 1 unspecified atom stereocenters. The van der Waals surface area contributed by atoms with E-state index in [1.165, 1.54) is 0 Å². The van der Waals surface area contributed by atoms with E-state index in [1.54, 1.807) is 14.0 Å². The first-order chi connectivity index (χ1) is 10.1. The van der Waals surface area contributed by atoms with Crippen LogP contribution in [0.1, 0.15) is 31.4 Å². The summed E-state index contributed by atoms with van der Waals surface area (Å²) in [6, 6.07) is 6.16. The molecule has 2 aliphatic rings. The summed E-state index contributed by atoms with van der Waals surface area (Å²) in [5.74, 6) is 0.994. The maximum absolute atomic E-state index is 11.8. The van der Waals surface area contributed by atoms with Crippen molar-refractivity contribution in [2.45, 2.75) is 31.9 Å². The Labute approximate surface area is 125 Å². The summed E-state index contributed by atoms with van der Waals surface area (Å²) in [6.45, 7) is 4.16. The van der Waals surface area contributed by atoms with Gasteiger partial charge < -0.3 is 19.6 Å². The molecule has 2 saturated heterocycles. The van der Waals surface area contributed by atoms with Gasteiger partial charge in [-0.15, -0.1) is 0 Å². The monoisotopic (exact) mass is 290 g/mol. The summed E-state index contributed by atoms with van der Waals surface area (Å²) in [4.78, 5) is 16.0. The van der Waals surface area contributed by atoms with Gasteiger partial charge in [0.15, 0.2) is 0 Å². The average Bonchev–Trinajstić information content (AvgIpc) is 2.87. The van der Waals surface area contributed by atoms with Gasteiger partial charge in [0.1, 0.15) is 5.75 Å². The van der Waals surface area contributed by atoms with Crippen LogP contribution in [0.15, 0.2) is 18.2 Å². The number of ether oxygens (including phenoxy) is 1. The zero-order valence-electron chi connectivity index (χ0n) is 12.6. The van der Waals surface area contributed by atoms with Gasteiger partial charge in [0.25, 0.3) is 0 Å². The molecule has 3 rings (SSSR count). The molecule has 1 amide bonds.